The number of aliphatic hydroxyl groups excluding tert-OH is 2. The Labute approximate surface area is 468 Å². The van der Waals surface area contributed by atoms with Gasteiger partial charge in [0.1, 0.15) is 18.8 Å². The van der Waals surface area contributed by atoms with E-state index in [1.807, 2.05) is 0 Å². The molecule has 1 rings (SSSR count). The number of unbranched alkanes of at least 4 members (excludes halogenated alkanes) is 29. The molecule has 3 N–H and O–H groups in total. The molecule has 1 aliphatic rings. The number of carbonyl (C=O) groups excluding carboxylic acids is 3. The first-order valence-corrected chi connectivity index (χ1v) is 31.3. The summed E-state index contributed by atoms with van der Waals surface area (Å²) in [5.74, 6) is -3.14. The normalized spacial score (nSPS) is 18.4. The molecular weight excluding hydrogens is 973 g/mol. The van der Waals surface area contributed by atoms with E-state index in [1.54, 1.807) is 0 Å². The van der Waals surface area contributed by atoms with Gasteiger partial charge >= 0.3 is 23.9 Å². The standard InChI is InChI=1S/C65H112O12/c1-4-7-10-13-16-19-22-25-27-28-29-30-32-34-36-39-42-45-48-51-57(66)73-54-56(75-58(67)52-49-46-43-40-37-33-24-21-18-15-12-9-6-3)55-74-65-63(61(70)60(69)62(77-65)64(71)72)76-59(68)53-50-47-44-41-38-35-31-26-23-20-17-14-11-8-5-2/h7,10,16,19,25,27,29-30,34,36,56,60-63,65,69-70H,4-6,8-9,11-15,17-18,20-24,26,28,31-33,35,37-55H2,1-3H3,(H,71,72)/b10-7-,19-16-,27-25-,30-29-,36-34-. The Balaban J connectivity index is 2.68. The SMILES string of the molecule is CC/C=C\C/C=C\C/C=C\C/C=C\C/C=C\CCCCCC(=O)OCC(COC1OC(C(=O)O)C(O)C(O)C1OC(=O)CCCCCCCCCCCCCCCCC)OC(=O)CCCCCCCCCCCCCCC. The van der Waals surface area contributed by atoms with Crippen LogP contribution in [0.5, 0.6) is 0 Å². The summed E-state index contributed by atoms with van der Waals surface area (Å²) in [6.07, 6.45) is 53.2. The average molecular weight is 1090 g/mol. The highest BCUT2D eigenvalue weighted by molar-refractivity contribution is 5.74. The number of carbonyl (C=O) groups is 4. The Hall–Kier alpha value is -3.58. The van der Waals surface area contributed by atoms with Gasteiger partial charge in [-0.25, -0.2) is 4.79 Å². The van der Waals surface area contributed by atoms with Crippen molar-refractivity contribution in [3.63, 3.8) is 0 Å². The van der Waals surface area contributed by atoms with Crippen LogP contribution in [-0.4, -0.2) is 89.2 Å². The lowest BCUT2D eigenvalue weighted by atomic mass is 9.98. The highest BCUT2D eigenvalue weighted by Crippen LogP contribution is 2.27. The van der Waals surface area contributed by atoms with Gasteiger partial charge in [-0.2, -0.15) is 0 Å². The number of carboxylic acid groups (broad SMARTS) is 1. The van der Waals surface area contributed by atoms with Crippen LogP contribution < -0.4 is 0 Å². The Morgan fingerprint density at radius 2 is 0.818 bits per heavy atom. The molecule has 6 atom stereocenters. The molecule has 0 spiro atoms. The molecule has 0 bridgehead atoms. The van der Waals surface area contributed by atoms with Crippen LogP contribution in [0.1, 0.15) is 278 Å². The maximum Gasteiger partial charge on any atom is 0.335 e. The molecule has 12 nitrogen and oxygen atoms in total. The summed E-state index contributed by atoms with van der Waals surface area (Å²) in [5.41, 5.74) is 0. The quantitative estimate of drug-likeness (QED) is 0.0228. The third-order valence-corrected chi connectivity index (χ3v) is 14.1. The maximum atomic E-state index is 13.2. The number of carboxylic acids is 1. The highest BCUT2D eigenvalue weighted by atomic mass is 16.7. The van der Waals surface area contributed by atoms with Crippen molar-refractivity contribution in [2.24, 2.45) is 0 Å². The smallest absolute Gasteiger partial charge is 0.335 e. The minimum Gasteiger partial charge on any atom is -0.479 e. The lowest BCUT2D eigenvalue weighted by molar-refractivity contribution is -0.301. The molecule has 1 fully saturated rings. The molecular formula is C65H112O12. The van der Waals surface area contributed by atoms with Crippen molar-refractivity contribution in [1.82, 2.24) is 0 Å². The van der Waals surface area contributed by atoms with Gasteiger partial charge in [0, 0.05) is 19.3 Å². The van der Waals surface area contributed by atoms with Gasteiger partial charge in [-0.3, -0.25) is 14.4 Å². The lowest BCUT2D eigenvalue weighted by Crippen LogP contribution is -2.61. The Kier molecular flexibility index (Phi) is 49.2. The van der Waals surface area contributed by atoms with Gasteiger partial charge in [-0.1, -0.05) is 255 Å². The number of aliphatic carboxylic acids is 1. The molecule has 444 valence electrons. The summed E-state index contributed by atoms with van der Waals surface area (Å²) in [4.78, 5) is 51.2. The molecule has 1 saturated heterocycles. The minimum atomic E-state index is -1.90. The number of rotatable bonds is 53. The molecule has 77 heavy (non-hydrogen) atoms. The van der Waals surface area contributed by atoms with Gasteiger partial charge < -0.3 is 39.0 Å². The second kappa shape index (κ2) is 53.1. The number of hydrogen-bond donors (Lipinski definition) is 3. The zero-order valence-electron chi connectivity index (χ0n) is 49.0. The van der Waals surface area contributed by atoms with Crippen molar-refractivity contribution < 1.29 is 58.2 Å². The van der Waals surface area contributed by atoms with E-state index in [-0.39, 0.29) is 25.9 Å². The van der Waals surface area contributed by atoms with E-state index in [4.69, 9.17) is 23.7 Å². The number of aliphatic hydroxyl groups is 2. The van der Waals surface area contributed by atoms with Gasteiger partial charge in [0.15, 0.2) is 24.6 Å². The van der Waals surface area contributed by atoms with Crippen molar-refractivity contribution >= 4 is 23.9 Å². The predicted molar refractivity (Wildman–Crippen MR) is 312 cm³/mol. The summed E-state index contributed by atoms with van der Waals surface area (Å²) in [7, 11) is 0. The van der Waals surface area contributed by atoms with Crippen LogP contribution in [0.3, 0.4) is 0 Å². The van der Waals surface area contributed by atoms with E-state index in [0.29, 0.717) is 19.3 Å². The van der Waals surface area contributed by atoms with Crippen LogP contribution in [0, 0.1) is 0 Å². The van der Waals surface area contributed by atoms with Gasteiger partial charge in [0.25, 0.3) is 0 Å². The average Bonchev–Trinajstić information content (AvgIpc) is 3.42. The Bertz CT molecular complexity index is 1570. The van der Waals surface area contributed by atoms with Gasteiger partial charge in [0.05, 0.1) is 6.61 Å². The predicted octanol–water partition coefficient (Wildman–Crippen LogP) is 16.3. The van der Waals surface area contributed by atoms with Gasteiger partial charge in [0.2, 0.25) is 0 Å². The summed E-state index contributed by atoms with van der Waals surface area (Å²) in [5, 5.41) is 31.5. The van der Waals surface area contributed by atoms with Crippen LogP contribution >= 0.6 is 0 Å². The first kappa shape index (κ1) is 71.4. The summed E-state index contributed by atoms with van der Waals surface area (Å²) < 4.78 is 28.5. The molecule has 0 aromatic carbocycles. The second-order valence-electron chi connectivity index (χ2n) is 21.3. The van der Waals surface area contributed by atoms with Crippen LogP contribution in [0.2, 0.25) is 0 Å². The number of allylic oxidation sites excluding steroid dienone is 10. The monoisotopic (exact) mass is 1080 g/mol. The molecule has 0 saturated carbocycles. The van der Waals surface area contributed by atoms with E-state index in [0.717, 1.165) is 96.3 Å². The van der Waals surface area contributed by atoms with Crippen LogP contribution in [0.4, 0.5) is 0 Å². The van der Waals surface area contributed by atoms with E-state index >= 15 is 0 Å². The van der Waals surface area contributed by atoms with Crippen molar-refractivity contribution in [3.05, 3.63) is 60.8 Å². The molecule has 1 aliphatic heterocycles. The molecule has 0 amide bonds. The zero-order chi connectivity index (χ0) is 56.1. The molecule has 12 heteroatoms. The number of esters is 3. The van der Waals surface area contributed by atoms with Crippen molar-refractivity contribution in [1.29, 1.82) is 0 Å². The molecule has 0 aliphatic carbocycles. The van der Waals surface area contributed by atoms with Gasteiger partial charge in [-0.15, -0.1) is 0 Å². The fraction of sp³-hybridized carbons (Fsp3) is 0.785. The summed E-state index contributed by atoms with van der Waals surface area (Å²) in [6.45, 7) is 5.88. The second-order valence-corrected chi connectivity index (χ2v) is 21.3. The van der Waals surface area contributed by atoms with E-state index < -0.39 is 67.3 Å². The Morgan fingerprint density at radius 3 is 1.25 bits per heavy atom. The fourth-order valence-electron chi connectivity index (χ4n) is 9.34. The molecule has 0 aromatic heterocycles. The first-order chi connectivity index (χ1) is 37.6. The molecule has 1 heterocycles. The summed E-state index contributed by atoms with van der Waals surface area (Å²) >= 11 is 0. The van der Waals surface area contributed by atoms with Crippen LogP contribution in [0.15, 0.2) is 60.8 Å². The van der Waals surface area contributed by atoms with Crippen molar-refractivity contribution in [3.8, 4) is 0 Å². The Morgan fingerprint density at radius 1 is 0.442 bits per heavy atom. The third kappa shape index (κ3) is 43.0. The van der Waals surface area contributed by atoms with Crippen molar-refractivity contribution in [2.45, 2.75) is 314 Å². The molecule has 0 aromatic rings. The number of ether oxygens (including phenoxy) is 5. The first-order valence-electron chi connectivity index (χ1n) is 31.3. The summed E-state index contributed by atoms with van der Waals surface area (Å²) in [6, 6.07) is 0. The van der Waals surface area contributed by atoms with E-state index in [1.165, 1.54) is 122 Å². The van der Waals surface area contributed by atoms with Crippen LogP contribution in [0.25, 0.3) is 0 Å². The topological polar surface area (TPSA) is 175 Å². The zero-order valence-corrected chi connectivity index (χ0v) is 49.0. The molecule has 0 radical (unpaired) electrons. The maximum absolute atomic E-state index is 13.2. The lowest BCUT2D eigenvalue weighted by Gasteiger charge is -2.40. The van der Waals surface area contributed by atoms with Crippen LogP contribution in [-0.2, 0) is 42.9 Å². The third-order valence-electron chi connectivity index (χ3n) is 14.1. The van der Waals surface area contributed by atoms with Crippen molar-refractivity contribution in [2.75, 3.05) is 13.2 Å². The van der Waals surface area contributed by atoms with E-state index in [2.05, 4.69) is 81.5 Å². The van der Waals surface area contributed by atoms with Gasteiger partial charge in [-0.05, 0) is 64.2 Å². The minimum absolute atomic E-state index is 0.0609. The molecule has 6 unspecified atom stereocenters. The van der Waals surface area contributed by atoms with E-state index in [9.17, 15) is 34.5 Å². The fourth-order valence-corrected chi connectivity index (χ4v) is 9.34. The number of hydrogen-bond acceptors (Lipinski definition) is 11. The largest absolute Gasteiger partial charge is 0.479 e. The highest BCUT2D eigenvalue weighted by Gasteiger charge is 2.50.